The predicted molar refractivity (Wildman–Crippen MR) is 108 cm³/mol. The number of rotatable bonds is 6. The highest BCUT2D eigenvalue weighted by atomic mass is 16.6. The molecule has 0 bridgehead atoms. The molecule has 2 aromatic carbocycles. The summed E-state index contributed by atoms with van der Waals surface area (Å²) in [5.74, 6) is 3.24. The minimum Gasteiger partial charge on any atom is -0.494 e. The molecule has 0 fully saturated rings. The lowest BCUT2D eigenvalue weighted by atomic mass is 10.2. The molecule has 1 aliphatic rings. The van der Waals surface area contributed by atoms with E-state index in [1.807, 2.05) is 49.4 Å². The number of fused-ring (bicyclic) bond motifs is 1. The number of nitrogen functional groups attached to an aromatic ring is 1. The minimum absolute atomic E-state index is 0.409. The van der Waals surface area contributed by atoms with Crippen LogP contribution in [0, 0.1) is 0 Å². The number of aromatic nitrogens is 2. The number of ether oxygens (including phenoxy) is 3. The SMILES string of the molecule is CCOc1ccc(Nc2ncnc(Nc3ccc4c(c3)OCCO4)c2N)cc1. The highest BCUT2D eigenvalue weighted by molar-refractivity contribution is 5.80. The molecule has 0 saturated carbocycles. The highest BCUT2D eigenvalue weighted by Gasteiger charge is 2.14. The molecule has 3 aromatic rings. The van der Waals surface area contributed by atoms with Gasteiger partial charge < -0.3 is 30.6 Å². The topological polar surface area (TPSA) is 104 Å². The van der Waals surface area contributed by atoms with Gasteiger partial charge in [0, 0.05) is 17.4 Å². The highest BCUT2D eigenvalue weighted by Crippen LogP contribution is 2.35. The molecule has 8 nitrogen and oxygen atoms in total. The van der Waals surface area contributed by atoms with E-state index >= 15 is 0 Å². The number of nitrogens with one attached hydrogen (secondary N) is 2. The zero-order chi connectivity index (χ0) is 19.3. The van der Waals surface area contributed by atoms with Crippen molar-refractivity contribution < 1.29 is 14.2 Å². The van der Waals surface area contributed by atoms with Crippen molar-refractivity contribution in [3.8, 4) is 17.2 Å². The lowest BCUT2D eigenvalue weighted by Crippen LogP contribution is -2.15. The normalized spacial score (nSPS) is 12.3. The summed E-state index contributed by atoms with van der Waals surface area (Å²) in [4.78, 5) is 8.49. The van der Waals surface area contributed by atoms with E-state index in [9.17, 15) is 0 Å². The number of nitrogens with two attached hydrogens (primary N) is 1. The summed E-state index contributed by atoms with van der Waals surface area (Å²) in [6.45, 7) is 3.66. The van der Waals surface area contributed by atoms with Crippen molar-refractivity contribution in [3.63, 3.8) is 0 Å². The lowest BCUT2D eigenvalue weighted by Gasteiger charge is -2.19. The molecule has 4 N–H and O–H groups in total. The summed E-state index contributed by atoms with van der Waals surface area (Å²) >= 11 is 0. The van der Waals surface area contributed by atoms with Gasteiger partial charge in [0.2, 0.25) is 0 Å². The second kappa shape index (κ2) is 7.91. The minimum atomic E-state index is 0.409. The molecule has 0 radical (unpaired) electrons. The molecule has 0 saturated heterocycles. The van der Waals surface area contributed by atoms with Gasteiger partial charge in [-0.15, -0.1) is 0 Å². The first-order valence-electron chi connectivity index (χ1n) is 9.00. The van der Waals surface area contributed by atoms with E-state index in [0.29, 0.717) is 42.9 Å². The van der Waals surface area contributed by atoms with Gasteiger partial charge in [-0.1, -0.05) is 0 Å². The van der Waals surface area contributed by atoms with Crippen LogP contribution in [0.5, 0.6) is 17.2 Å². The average Bonchev–Trinajstić information content (AvgIpc) is 2.72. The van der Waals surface area contributed by atoms with Crippen molar-refractivity contribution in [3.05, 3.63) is 48.8 Å². The van der Waals surface area contributed by atoms with Crippen LogP contribution in [0.2, 0.25) is 0 Å². The molecule has 1 aromatic heterocycles. The lowest BCUT2D eigenvalue weighted by molar-refractivity contribution is 0.171. The first-order chi connectivity index (χ1) is 13.7. The number of hydrogen-bond acceptors (Lipinski definition) is 8. The Morgan fingerprint density at radius 3 is 2.29 bits per heavy atom. The smallest absolute Gasteiger partial charge is 0.163 e. The number of nitrogens with zero attached hydrogens (tertiary/aromatic N) is 2. The zero-order valence-corrected chi connectivity index (χ0v) is 15.4. The predicted octanol–water partition coefficient (Wildman–Crippen LogP) is 3.72. The Hall–Kier alpha value is -3.68. The van der Waals surface area contributed by atoms with E-state index in [2.05, 4.69) is 20.6 Å². The van der Waals surface area contributed by atoms with Crippen molar-refractivity contribution in [2.24, 2.45) is 0 Å². The average molecular weight is 379 g/mol. The van der Waals surface area contributed by atoms with E-state index in [-0.39, 0.29) is 0 Å². The summed E-state index contributed by atoms with van der Waals surface area (Å²) in [7, 11) is 0. The van der Waals surface area contributed by atoms with Crippen LogP contribution in [0.3, 0.4) is 0 Å². The Labute approximate surface area is 162 Å². The maximum atomic E-state index is 6.26. The molecule has 8 heteroatoms. The quantitative estimate of drug-likeness (QED) is 0.595. The van der Waals surface area contributed by atoms with Crippen LogP contribution in [0.15, 0.2) is 48.8 Å². The third kappa shape index (κ3) is 3.85. The van der Waals surface area contributed by atoms with E-state index in [0.717, 1.165) is 22.9 Å². The van der Waals surface area contributed by atoms with Crippen LogP contribution in [-0.4, -0.2) is 29.8 Å². The molecule has 144 valence electrons. The second-order valence-electron chi connectivity index (χ2n) is 6.05. The van der Waals surface area contributed by atoms with Crippen LogP contribution in [0.4, 0.5) is 28.7 Å². The van der Waals surface area contributed by atoms with Gasteiger partial charge in [0.25, 0.3) is 0 Å². The summed E-state index contributed by atoms with van der Waals surface area (Å²) in [6, 6.07) is 13.2. The Morgan fingerprint density at radius 1 is 0.929 bits per heavy atom. The third-order valence-electron chi connectivity index (χ3n) is 4.12. The number of hydrogen-bond donors (Lipinski definition) is 3. The number of benzene rings is 2. The van der Waals surface area contributed by atoms with Crippen LogP contribution in [0.25, 0.3) is 0 Å². The molecule has 0 atom stereocenters. The van der Waals surface area contributed by atoms with Gasteiger partial charge in [0.1, 0.15) is 31.0 Å². The van der Waals surface area contributed by atoms with Crippen LogP contribution in [0.1, 0.15) is 6.92 Å². The van der Waals surface area contributed by atoms with Gasteiger partial charge in [0.15, 0.2) is 23.1 Å². The van der Waals surface area contributed by atoms with Gasteiger partial charge in [-0.25, -0.2) is 9.97 Å². The number of anilines is 5. The fourth-order valence-electron chi connectivity index (χ4n) is 2.79. The molecule has 1 aliphatic heterocycles. The first kappa shape index (κ1) is 17.7. The van der Waals surface area contributed by atoms with E-state index in [4.69, 9.17) is 19.9 Å². The van der Waals surface area contributed by atoms with Crippen molar-refractivity contribution in [1.29, 1.82) is 0 Å². The second-order valence-corrected chi connectivity index (χ2v) is 6.05. The van der Waals surface area contributed by atoms with Crippen LogP contribution < -0.4 is 30.6 Å². The first-order valence-corrected chi connectivity index (χ1v) is 9.00. The molecular weight excluding hydrogens is 358 g/mol. The largest absolute Gasteiger partial charge is 0.494 e. The van der Waals surface area contributed by atoms with Crippen molar-refractivity contribution in [2.45, 2.75) is 6.92 Å². The van der Waals surface area contributed by atoms with Gasteiger partial charge in [-0.2, -0.15) is 0 Å². The molecule has 4 rings (SSSR count). The van der Waals surface area contributed by atoms with Crippen molar-refractivity contribution >= 4 is 28.7 Å². The summed E-state index contributed by atoms with van der Waals surface area (Å²) < 4.78 is 16.6. The maximum absolute atomic E-state index is 6.26. The van der Waals surface area contributed by atoms with E-state index in [1.165, 1.54) is 6.33 Å². The Kier molecular flexibility index (Phi) is 5.01. The Bertz CT molecular complexity index is 963. The van der Waals surface area contributed by atoms with Crippen LogP contribution in [-0.2, 0) is 0 Å². The van der Waals surface area contributed by atoms with Crippen molar-refractivity contribution in [2.75, 3.05) is 36.2 Å². The van der Waals surface area contributed by atoms with Gasteiger partial charge >= 0.3 is 0 Å². The maximum Gasteiger partial charge on any atom is 0.163 e. The molecule has 0 unspecified atom stereocenters. The van der Waals surface area contributed by atoms with Gasteiger partial charge in [-0.05, 0) is 43.3 Å². The van der Waals surface area contributed by atoms with E-state index < -0.39 is 0 Å². The van der Waals surface area contributed by atoms with Gasteiger partial charge in [0.05, 0.1) is 6.61 Å². The summed E-state index contributed by atoms with van der Waals surface area (Å²) in [6.07, 6.45) is 1.45. The molecular formula is C20H21N5O3. The molecule has 0 spiro atoms. The Balaban J connectivity index is 1.52. The fourth-order valence-corrected chi connectivity index (χ4v) is 2.79. The molecule has 0 amide bonds. The van der Waals surface area contributed by atoms with Gasteiger partial charge in [-0.3, -0.25) is 0 Å². The monoisotopic (exact) mass is 379 g/mol. The fraction of sp³-hybridized carbons (Fsp3) is 0.200. The van der Waals surface area contributed by atoms with E-state index in [1.54, 1.807) is 0 Å². The Morgan fingerprint density at radius 2 is 1.57 bits per heavy atom. The molecule has 2 heterocycles. The third-order valence-corrected chi connectivity index (χ3v) is 4.12. The van der Waals surface area contributed by atoms with Crippen molar-refractivity contribution in [1.82, 2.24) is 9.97 Å². The zero-order valence-electron chi connectivity index (χ0n) is 15.4. The standard InChI is InChI=1S/C20H21N5O3/c1-2-26-15-6-3-13(4-7-15)24-19-18(21)20(23-12-22-19)25-14-5-8-16-17(11-14)28-10-9-27-16/h3-8,11-12H,2,9-10,21H2,1H3,(H2,22,23,24,25). The van der Waals surface area contributed by atoms with Crippen LogP contribution >= 0.6 is 0 Å². The molecule has 28 heavy (non-hydrogen) atoms. The summed E-state index contributed by atoms with van der Waals surface area (Å²) in [5.41, 5.74) is 8.31. The molecule has 0 aliphatic carbocycles. The summed E-state index contributed by atoms with van der Waals surface area (Å²) in [5, 5.41) is 6.40.